The van der Waals surface area contributed by atoms with Crippen LogP contribution in [0.15, 0.2) is 29.6 Å². The van der Waals surface area contributed by atoms with Crippen molar-refractivity contribution in [2.45, 2.75) is 12.7 Å². The molecule has 23 heavy (non-hydrogen) atoms. The Morgan fingerprint density at radius 2 is 2.00 bits per heavy atom. The third kappa shape index (κ3) is 4.76. The zero-order valence-corrected chi connectivity index (χ0v) is 13.6. The molecule has 0 fully saturated rings. The number of nitrogens with zero attached hydrogens (tertiary/aromatic N) is 1. The molecule has 0 saturated heterocycles. The number of sulfonamides is 1. The van der Waals surface area contributed by atoms with E-state index in [1.54, 1.807) is 24.3 Å². The molecule has 0 saturated carbocycles. The third-order valence-electron chi connectivity index (χ3n) is 2.64. The van der Waals surface area contributed by atoms with Gasteiger partial charge < -0.3 is 10.4 Å². The SMILES string of the molecule is CC(=O)Nc1ccccc1CS(=O)(=O)Nc1nc(C(=O)O)cs1. The van der Waals surface area contributed by atoms with E-state index >= 15 is 0 Å². The molecule has 0 aliphatic heterocycles. The number of benzene rings is 1. The highest BCUT2D eigenvalue weighted by Crippen LogP contribution is 2.21. The number of hydrogen-bond acceptors (Lipinski definition) is 6. The molecule has 3 N–H and O–H groups in total. The van der Waals surface area contributed by atoms with Crippen molar-refractivity contribution < 1.29 is 23.1 Å². The van der Waals surface area contributed by atoms with Crippen LogP contribution in [0.5, 0.6) is 0 Å². The summed E-state index contributed by atoms with van der Waals surface area (Å²) in [6.07, 6.45) is 0. The number of carboxylic acid groups (broad SMARTS) is 1. The van der Waals surface area contributed by atoms with Crippen LogP contribution in [0.4, 0.5) is 10.8 Å². The average molecular weight is 355 g/mol. The maximum Gasteiger partial charge on any atom is 0.355 e. The van der Waals surface area contributed by atoms with Crippen LogP contribution in [-0.2, 0) is 20.6 Å². The zero-order valence-electron chi connectivity index (χ0n) is 11.9. The Kier molecular flexibility index (Phi) is 4.96. The van der Waals surface area contributed by atoms with E-state index in [2.05, 4.69) is 15.0 Å². The van der Waals surface area contributed by atoms with E-state index in [9.17, 15) is 18.0 Å². The molecule has 1 amide bonds. The summed E-state index contributed by atoms with van der Waals surface area (Å²) in [7, 11) is -3.80. The van der Waals surface area contributed by atoms with Gasteiger partial charge >= 0.3 is 5.97 Å². The largest absolute Gasteiger partial charge is 0.476 e. The van der Waals surface area contributed by atoms with Crippen LogP contribution in [0, 0.1) is 0 Å². The zero-order chi connectivity index (χ0) is 17.0. The predicted molar refractivity (Wildman–Crippen MR) is 86.1 cm³/mol. The van der Waals surface area contributed by atoms with Crippen LogP contribution in [0.25, 0.3) is 0 Å². The molecule has 0 bridgehead atoms. The normalized spacial score (nSPS) is 11.0. The van der Waals surface area contributed by atoms with Gasteiger partial charge in [-0.05, 0) is 11.6 Å². The summed E-state index contributed by atoms with van der Waals surface area (Å²) < 4.78 is 26.6. The van der Waals surface area contributed by atoms with Gasteiger partial charge in [-0.3, -0.25) is 9.52 Å². The fraction of sp³-hybridized carbons (Fsp3) is 0.154. The molecule has 0 spiro atoms. The second kappa shape index (κ2) is 6.75. The van der Waals surface area contributed by atoms with Crippen molar-refractivity contribution in [3.05, 3.63) is 40.9 Å². The van der Waals surface area contributed by atoms with Gasteiger partial charge in [0.2, 0.25) is 15.9 Å². The van der Waals surface area contributed by atoms with Crippen LogP contribution in [-0.4, -0.2) is 30.4 Å². The molecule has 10 heteroatoms. The van der Waals surface area contributed by atoms with Crippen molar-refractivity contribution in [2.75, 3.05) is 10.0 Å². The number of aromatic nitrogens is 1. The Morgan fingerprint density at radius 3 is 2.61 bits per heavy atom. The molecule has 0 aliphatic carbocycles. The van der Waals surface area contributed by atoms with Crippen LogP contribution in [0.3, 0.4) is 0 Å². The topological polar surface area (TPSA) is 125 Å². The Bertz CT molecular complexity index is 845. The number of thiazole rings is 1. The molecule has 2 aromatic rings. The summed E-state index contributed by atoms with van der Waals surface area (Å²) in [5.41, 5.74) is 0.576. The summed E-state index contributed by atoms with van der Waals surface area (Å²) >= 11 is 0.878. The van der Waals surface area contributed by atoms with Crippen LogP contribution >= 0.6 is 11.3 Å². The smallest absolute Gasteiger partial charge is 0.355 e. The molecule has 0 aliphatic rings. The Morgan fingerprint density at radius 1 is 1.30 bits per heavy atom. The monoisotopic (exact) mass is 355 g/mol. The first kappa shape index (κ1) is 16.9. The van der Waals surface area contributed by atoms with E-state index in [1.165, 1.54) is 12.3 Å². The van der Waals surface area contributed by atoms with Gasteiger partial charge in [-0.1, -0.05) is 18.2 Å². The van der Waals surface area contributed by atoms with Crippen LogP contribution in [0.2, 0.25) is 0 Å². The number of amides is 1. The Balaban J connectivity index is 2.18. The lowest BCUT2D eigenvalue weighted by atomic mass is 10.2. The number of nitrogens with one attached hydrogen (secondary N) is 2. The van der Waals surface area contributed by atoms with E-state index in [0.717, 1.165) is 11.3 Å². The first-order valence-corrected chi connectivity index (χ1v) is 8.85. The minimum atomic E-state index is -3.80. The highest BCUT2D eigenvalue weighted by atomic mass is 32.2. The average Bonchev–Trinajstić information content (AvgIpc) is 2.88. The first-order valence-electron chi connectivity index (χ1n) is 6.31. The molecular weight excluding hydrogens is 342 g/mol. The summed E-state index contributed by atoms with van der Waals surface area (Å²) in [6.45, 7) is 1.33. The lowest BCUT2D eigenvalue weighted by molar-refractivity contribution is -0.114. The van der Waals surface area contributed by atoms with Gasteiger partial charge in [0.05, 0.1) is 5.75 Å². The number of carbonyl (C=O) groups excluding carboxylic acids is 1. The minimum absolute atomic E-state index is 0.0283. The minimum Gasteiger partial charge on any atom is -0.476 e. The summed E-state index contributed by atoms with van der Waals surface area (Å²) in [6, 6.07) is 6.50. The summed E-state index contributed by atoms with van der Waals surface area (Å²) in [5, 5.41) is 12.5. The molecule has 8 nitrogen and oxygen atoms in total. The summed E-state index contributed by atoms with van der Waals surface area (Å²) in [5.74, 6) is -1.93. The molecule has 1 aromatic carbocycles. The van der Waals surface area contributed by atoms with Crippen molar-refractivity contribution in [1.82, 2.24) is 4.98 Å². The number of anilines is 2. The van der Waals surface area contributed by atoms with Gasteiger partial charge in [-0.25, -0.2) is 18.2 Å². The molecule has 122 valence electrons. The van der Waals surface area contributed by atoms with E-state index < -0.39 is 16.0 Å². The number of carbonyl (C=O) groups is 2. The van der Waals surface area contributed by atoms with Gasteiger partial charge in [-0.15, -0.1) is 11.3 Å². The number of carboxylic acids is 1. The molecule has 0 radical (unpaired) electrons. The molecule has 2 rings (SSSR count). The first-order chi connectivity index (χ1) is 10.8. The molecular formula is C13H13N3O5S2. The maximum absolute atomic E-state index is 12.2. The quantitative estimate of drug-likeness (QED) is 0.725. The lowest BCUT2D eigenvalue weighted by Gasteiger charge is -2.10. The fourth-order valence-electron chi connectivity index (χ4n) is 1.75. The van der Waals surface area contributed by atoms with Crippen molar-refractivity contribution in [2.24, 2.45) is 0 Å². The maximum atomic E-state index is 12.2. The van der Waals surface area contributed by atoms with Crippen molar-refractivity contribution in [3.63, 3.8) is 0 Å². The van der Waals surface area contributed by atoms with Gasteiger partial charge in [0.1, 0.15) is 0 Å². The van der Waals surface area contributed by atoms with Gasteiger partial charge in [0.25, 0.3) is 0 Å². The molecule has 1 aromatic heterocycles. The number of aromatic carboxylic acids is 1. The molecule has 0 unspecified atom stereocenters. The third-order valence-corrected chi connectivity index (χ3v) is 4.72. The number of para-hydroxylation sites is 1. The highest BCUT2D eigenvalue weighted by Gasteiger charge is 2.17. The van der Waals surface area contributed by atoms with Crippen molar-refractivity contribution in [3.8, 4) is 0 Å². The summed E-state index contributed by atoms with van der Waals surface area (Å²) in [4.78, 5) is 25.6. The Hall–Kier alpha value is -2.46. The van der Waals surface area contributed by atoms with Gasteiger partial charge in [0.15, 0.2) is 10.8 Å². The van der Waals surface area contributed by atoms with E-state index in [-0.39, 0.29) is 22.5 Å². The number of hydrogen-bond donors (Lipinski definition) is 3. The highest BCUT2D eigenvalue weighted by molar-refractivity contribution is 7.92. The second-order valence-electron chi connectivity index (χ2n) is 4.54. The second-order valence-corrected chi connectivity index (χ2v) is 7.12. The van der Waals surface area contributed by atoms with Gasteiger partial charge in [0, 0.05) is 18.0 Å². The van der Waals surface area contributed by atoms with E-state index in [0.29, 0.717) is 11.3 Å². The van der Waals surface area contributed by atoms with Crippen molar-refractivity contribution >= 4 is 44.1 Å². The Labute approximate surface area is 136 Å². The van der Waals surface area contributed by atoms with Crippen LogP contribution in [0.1, 0.15) is 23.0 Å². The van der Waals surface area contributed by atoms with E-state index in [4.69, 9.17) is 5.11 Å². The molecule has 1 heterocycles. The van der Waals surface area contributed by atoms with E-state index in [1.807, 2.05) is 0 Å². The fourth-order valence-corrected chi connectivity index (χ4v) is 3.90. The standard InChI is InChI=1S/C13H13N3O5S2/c1-8(17)14-10-5-3-2-4-9(10)7-23(20,21)16-13-15-11(6-22-13)12(18)19/h2-6H,7H2,1H3,(H,14,17)(H,15,16)(H,18,19). The van der Waals surface area contributed by atoms with Crippen LogP contribution < -0.4 is 10.0 Å². The molecule has 0 atom stereocenters. The number of rotatable bonds is 6. The van der Waals surface area contributed by atoms with Gasteiger partial charge in [-0.2, -0.15) is 0 Å². The predicted octanol–water partition coefficient (Wildman–Crippen LogP) is 1.74. The lowest BCUT2D eigenvalue weighted by Crippen LogP contribution is -2.17. The van der Waals surface area contributed by atoms with Crippen molar-refractivity contribution in [1.29, 1.82) is 0 Å².